The van der Waals surface area contributed by atoms with Crippen molar-refractivity contribution in [2.45, 2.75) is 38.3 Å². The highest BCUT2D eigenvalue weighted by Crippen LogP contribution is 2.34. The third kappa shape index (κ3) is 2.16. The summed E-state index contributed by atoms with van der Waals surface area (Å²) in [4.78, 5) is 22.8. The molecule has 2 N–H and O–H groups in total. The second kappa shape index (κ2) is 4.86. The smallest absolute Gasteiger partial charge is 0.274 e. The van der Waals surface area contributed by atoms with Crippen molar-refractivity contribution < 1.29 is 9.72 Å². The fourth-order valence-electron chi connectivity index (χ4n) is 3.30. The minimum Gasteiger partial charge on any atom is -0.325 e. The van der Waals surface area contributed by atoms with Gasteiger partial charge < -0.3 is 10.6 Å². The molecule has 1 amide bonds. The Balaban J connectivity index is 1.76. The van der Waals surface area contributed by atoms with Crippen LogP contribution in [0.15, 0.2) is 18.2 Å². The van der Waals surface area contributed by atoms with Crippen molar-refractivity contribution in [2.24, 2.45) is 5.92 Å². The summed E-state index contributed by atoms with van der Waals surface area (Å²) >= 11 is 0. The Bertz CT molecular complexity index is 573. The Morgan fingerprint density at radius 2 is 2.25 bits per heavy atom. The maximum Gasteiger partial charge on any atom is 0.274 e. The van der Waals surface area contributed by atoms with Crippen LogP contribution in [0.2, 0.25) is 0 Å². The number of fused-ring (bicyclic) bond motifs is 2. The normalized spacial score (nSPS) is 27.6. The number of nitro benzene ring substituents is 1. The van der Waals surface area contributed by atoms with Crippen LogP contribution in [0.25, 0.3) is 0 Å². The molecule has 2 aliphatic heterocycles. The van der Waals surface area contributed by atoms with E-state index < -0.39 is 4.92 Å². The summed E-state index contributed by atoms with van der Waals surface area (Å²) in [6.07, 6.45) is 3.05. The predicted molar refractivity (Wildman–Crippen MR) is 74.5 cm³/mol. The summed E-state index contributed by atoms with van der Waals surface area (Å²) < 4.78 is 0. The molecule has 0 spiro atoms. The molecule has 20 heavy (non-hydrogen) atoms. The number of nitrogens with one attached hydrogen (secondary N) is 2. The molecule has 6 nitrogen and oxygen atoms in total. The number of nitrogens with zero attached hydrogens (tertiary/aromatic N) is 1. The summed E-state index contributed by atoms with van der Waals surface area (Å²) in [5.74, 6) is -0.0549. The Morgan fingerprint density at radius 1 is 1.45 bits per heavy atom. The van der Waals surface area contributed by atoms with E-state index in [-0.39, 0.29) is 23.6 Å². The first kappa shape index (κ1) is 13.1. The Hall–Kier alpha value is -1.95. The van der Waals surface area contributed by atoms with Crippen molar-refractivity contribution in [2.75, 3.05) is 5.32 Å². The van der Waals surface area contributed by atoms with Crippen LogP contribution in [0, 0.1) is 23.0 Å². The van der Waals surface area contributed by atoms with E-state index in [9.17, 15) is 14.9 Å². The summed E-state index contributed by atoms with van der Waals surface area (Å²) in [6, 6.07) is 5.48. The zero-order valence-corrected chi connectivity index (χ0v) is 11.3. The highest BCUT2D eigenvalue weighted by Gasteiger charge is 2.42. The lowest BCUT2D eigenvalue weighted by Gasteiger charge is -2.20. The molecule has 1 aromatic rings. The van der Waals surface area contributed by atoms with Crippen molar-refractivity contribution in [1.29, 1.82) is 0 Å². The topological polar surface area (TPSA) is 84.3 Å². The number of nitro groups is 1. The van der Waals surface area contributed by atoms with Gasteiger partial charge in [-0.25, -0.2) is 0 Å². The monoisotopic (exact) mass is 275 g/mol. The molecular formula is C14H17N3O3. The van der Waals surface area contributed by atoms with E-state index in [1.54, 1.807) is 19.1 Å². The molecule has 2 bridgehead atoms. The number of hydrogen-bond donors (Lipinski definition) is 2. The molecule has 2 fully saturated rings. The second-order valence-corrected chi connectivity index (χ2v) is 5.59. The molecule has 106 valence electrons. The molecule has 0 saturated carbocycles. The van der Waals surface area contributed by atoms with E-state index in [1.807, 2.05) is 0 Å². The number of hydrogen-bond acceptors (Lipinski definition) is 4. The predicted octanol–water partition coefficient (Wildman–Crippen LogP) is 1.98. The van der Waals surface area contributed by atoms with Gasteiger partial charge in [0.15, 0.2) is 0 Å². The zero-order valence-electron chi connectivity index (χ0n) is 11.3. The van der Waals surface area contributed by atoms with Gasteiger partial charge in [0.1, 0.15) is 0 Å². The zero-order chi connectivity index (χ0) is 14.3. The summed E-state index contributed by atoms with van der Waals surface area (Å²) in [6.45, 7) is 1.66. The molecule has 0 aliphatic carbocycles. The van der Waals surface area contributed by atoms with Crippen molar-refractivity contribution in [3.8, 4) is 0 Å². The van der Waals surface area contributed by atoms with Crippen molar-refractivity contribution in [1.82, 2.24) is 5.32 Å². The van der Waals surface area contributed by atoms with Crippen LogP contribution >= 0.6 is 0 Å². The van der Waals surface area contributed by atoms with E-state index in [4.69, 9.17) is 0 Å². The summed E-state index contributed by atoms with van der Waals surface area (Å²) in [5, 5.41) is 17.2. The lowest BCUT2D eigenvalue weighted by atomic mass is 9.88. The number of amides is 1. The maximum absolute atomic E-state index is 12.3. The van der Waals surface area contributed by atoms with Crippen LogP contribution < -0.4 is 10.6 Å². The van der Waals surface area contributed by atoms with E-state index in [0.29, 0.717) is 17.3 Å². The lowest BCUT2D eigenvalue weighted by Crippen LogP contribution is -2.33. The van der Waals surface area contributed by atoms with Gasteiger partial charge in [-0.15, -0.1) is 0 Å². The van der Waals surface area contributed by atoms with E-state index >= 15 is 0 Å². The molecule has 2 saturated heterocycles. The molecule has 3 rings (SSSR count). The van der Waals surface area contributed by atoms with Gasteiger partial charge in [0.2, 0.25) is 5.91 Å². The first-order valence-corrected chi connectivity index (χ1v) is 6.87. The third-order valence-corrected chi connectivity index (χ3v) is 4.40. The average molecular weight is 275 g/mol. The van der Waals surface area contributed by atoms with Gasteiger partial charge >= 0.3 is 0 Å². The second-order valence-electron chi connectivity index (χ2n) is 5.59. The van der Waals surface area contributed by atoms with Crippen molar-refractivity contribution >= 4 is 17.3 Å². The van der Waals surface area contributed by atoms with Crippen LogP contribution in [0.3, 0.4) is 0 Å². The number of carbonyl (C=O) groups excluding carboxylic acids is 1. The largest absolute Gasteiger partial charge is 0.325 e. The van der Waals surface area contributed by atoms with Crippen molar-refractivity contribution in [3.05, 3.63) is 33.9 Å². The van der Waals surface area contributed by atoms with Crippen LogP contribution in [0.4, 0.5) is 11.4 Å². The lowest BCUT2D eigenvalue weighted by molar-refractivity contribution is -0.385. The molecule has 3 atom stereocenters. The third-order valence-electron chi connectivity index (χ3n) is 4.40. The number of benzene rings is 1. The molecular weight excluding hydrogens is 258 g/mol. The van der Waals surface area contributed by atoms with Crippen LogP contribution in [-0.4, -0.2) is 22.9 Å². The highest BCUT2D eigenvalue weighted by molar-refractivity contribution is 5.94. The minimum atomic E-state index is -0.427. The average Bonchev–Trinajstić information content (AvgIpc) is 3.03. The first-order chi connectivity index (χ1) is 9.56. The summed E-state index contributed by atoms with van der Waals surface area (Å²) in [7, 11) is 0. The maximum atomic E-state index is 12.3. The van der Waals surface area contributed by atoms with Gasteiger partial charge in [-0.05, 0) is 32.3 Å². The molecule has 3 unspecified atom stereocenters. The van der Waals surface area contributed by atoms with Crippen LogP contribution in [-0.2, 0) is 4.79 Å². The fourth-order valence-corrected chi connectivity index (χ4v) is 3.30. The van der Waals surface area contributed by atoms with E-state index in [2.05, 4.69) is 10.6 Å². The van der Waals surface area contributed by atoms with Crippen LogP contribution in [0.5, 0.6) is 0 Å². The van der Waals surface area contributed by atoms with Gasteiger partial charge in [0.05, 0.1) is 22.1 Å². The molecule has 0 aromatic heterocycles. The summed E-state index contributed by atoms with van der Waals surface area (Å²) in [5.41, 5.74) is 1.07. The van der Waals surface area contributed by atoms with Gasteiger partial charge in [-0.1, -0.05) is 6.07 Å². The Morgan fingerprint density at radius 3 is 2.85 bits per heavy atom. The molecule has 2 aliphatic rings. The molecule has 6 heteroatoms. The minimum absolute atomic E-state index is 0.0209. The van der Waals surface area contributed by atoms with Crippen molar-refractivity contribution in [3.63, 3.8) is 0 Å². The molecule has 1 aromatic carbocycles. The highest BCUT2D eigenvalue weighted by atomic mass is 16.6. The Kier molecular flexibility index (Phi) is 3.17. The van der Waals surface area contributed by atoms with E-state index in [0.717, 1.165) is 19.3 Å². The molecule has 0 radical (unpaired) electrons. The first-order valence-electron chi connectivity index (χ1n) is 6.87. The quantitative estimate of drug-likeness (QED) is 0.652. The Labute approximate surface area is 116 Å². The van der Waals surface area contributed by atoms with Crippen LogP contribution in [0.1, 0.15) is 24.8 Å². The standard InChI is InChI=1S/C14H17N3O3/c1-8-11(3-2-4-13(8)17(19)20)16-14(18)10-7-9-5-6-12(10)15-9/h2-4,9-10,12,15H,5-7H2,1H3,(H,16,18). The van der Waals surface area contributed by atoms with Gasteiger partial charge in [0, 0.05) is 18.2 Å². The number of rotatable bonds is 3. The molecule has 2 heterocycles. The van der Waals surface area contributed by atoms with E-state index in [1.165, 1.54) is 6.07 Å². The fraction of sp³-hybridized carbons (Fsp3) is 0.500. The van der Waals surface area contributed by atoms with Gasteiger partial charge in [-0.3, -0.25) is 14.9 Å². The number of carbonyl (C=O) groups is 1. The van der Waals surface area contributed by atoms with Gasteiger partial charge in [0.25, 0.3) is 5.69 Å². The van der Waals surface area contributed by atoms with Gasteiger partial charge in [-0.2, -0.15) is 0 Å². The number of anilines is 1. The SMILES string of the molecule is Cc1c(NC(=O)C2CC3CCC2N3)cccc1[N+](=O)[O-].